The number of phenolic OH excluding ortho intramolecular Hbond substituents is 1. The number of benzene rings is 1. The van der Waals surface area contributed by atoms with E-state index in [2.05, 4.69) is 86.7 Å². The minimum Gasteiger partial charge on any atom is -0.507 e. The average molecular weight is 374 g/mol. The second-order valence-electron chi connectivity index (χ2n) is 11.9. The highest BCUT2D eigenvalue weighted by Crippen LogP contribution is 2.39. The molecule has 1 saturated heterocycles. The van der Waals surface area contributed by atoms with E-state index in [0.29, 0.717) is 11.8 Å². The van der Waals surface area contributed by atoms with Crippen LogP contribution in [0.15, 0.2) is 17.1 Å². The Balaban J connectivity index is 2.42. The Morgan fingerprint density at radius 2 is 1.33 bits per heavy atom. The number of quaternary nitrogens is 1. The maximum atomic E-state index is 10.9. The van der Waals surface area contributed by atoms with Crippen LogP contribution in [0.3, 0.4) is 0 Å². The van der Waals surface area contributed by atoms with Gasteiger partial charge in [0.05, 0.1) is 17.1 Å². The van der Waals surface area contributed by atoms with E-state index in [0.717, 1.165) is 29.5 Å². The van der Waals surface area contributed by atoms with E-state index >= 15 is 0 Å². The van der Waals surface area contributed by atoms with Gasteiger partial charge < -0.3 is 10.4 Å². The highest BCUT2D eigenvalue weighted by atomic mass is 16.3. The molecule has 1 aromatic rings. The molecule has 152 valence electrons. The van der Waals surface area contributed by atoms with E-state index < -0.39 is 0 Å². The van der Waals surface area contributed by atoms with Crippen LogP contribution in [-0.4, -0.2) is 28.4 Å². The summed E-state index contributed by atoms with van der Waals surface area (Å²) in [6.45, 7) is 22.1. The van der Waals surface area contributed by atoms with Crippen molar-refractivity contribution in [3.8, 4) is 5.75 Å². The fraction of sp³-hybridized carbons (Fsp3) is 0.708. The van der Waals surface area contributed by atoms with Gasteiger partial charge in [-0.1, -0.05) is 41.5 Å². The summed E-state index contributed by atoms with van der Waals surface area (Å²) in [5.41, 5.74) is 3.28. The molecule has 0 saturated carbocycles. The zero-order valence-corrected chi connectivity index (χ0v) is 19.2. The molecule has 27 heavy (non-hydrogen) atoms. The largest absolute Gasteiger partial charge is 0.507 e. The molecule has 1 aliphatic heterocycles. The van der Waals surface area contributed by atoms with E-state index in [1.165, 1.54) is 0 Å². The van der Waals surface area contributed by atoms with Gasteiger partial charge in [-0.05, 0) is 56.2 Å². The zero-order chi connectivity index (χ0) is 20.8. The molecule has 0 unspecified atom stereocenters. The molecule has 0 amide bonds. The fourth-order valence-electron chi connectivity index (χ4n) is 4.63. The molecule has 3 nitrogen and oxygen atoms in total. The number of aromatic hydroxyl groups is 1. The monoisotopic (exact) mass is 373 g/mol. The lowest BCUT2D eigenvalue weighted by Crippen LogP contribution is -3.05. The van der Waals surface area contributed by atoms with Crippen LogP contribution < -0.4 is 5.32 Å². The van der Waals surface area contributed by atoms with Crippen LogP contribution in [0.1, 0.15) is 98.8 Å². The lowest BCUT2D eigenvalue weighted by Gasteiger charge is -2.41. The quantitative estimate of drug-likeness (QED) is 0.726. The Morgan fingerprint density at radius 3 is 1.70 bits per heavy atom. The number of phenols is 1. The third-order valence-corrected chi connectivity index (χ3v) is 5.49. The van der Waals surface area contributed by atoms with Gasteiger partial charge >= 0.3 is 0 Å². The summed E-state index contributed by atoms with van der Waals surface area (Å²) in [5.74, 6) is 0.432. The molecule has 1 fully saturated rings. The highest BCUT2D eigenvalue weighted by Gasteiger charge is 2.41. The summed E-state index contributed by atoms with van der Waals surface area (Å²) in [6.07, 6.45) is 4.21. The van der Waals surface area contributed by atoms with Gasteiger partial charge in [-0.25, -0.2) is 0 Å². The Hall–Kier alpha value is -1.35. The van der Waals surface area contributed by atoms with Crippen molar-refractivity contribution < 1.29 is 10.4 Å². The standard InChI is InChI=1S/C24H40N2O/c1-21(2,3)18-11-16(12-19(20(18)27)22(4,5)6)15-25-17-13-23(7,8)26-24(9,10)14-17/h11-12,15,17,26-27H,13-14H2,1-10H3/p+1. The number of piperidine rings is 1. The molecule has 0 spiro atoms. The first-order valence-electron chi connectivity index (χ1n) is 10.3. The van der Waals surface area contributed by atoms with Gasteiger partial charge in [-0.2, -0.15) is 0 Å². The first-order valence-corrected chi connectivity index (χ1v) is 10.3. The second kappa shape index (κ2) is 6.92. The summed E-state index contributed by atoms with van der Waals surface area (Å²) >= 11 is 0. The maximum Gasteiger partial charge on any atom is 0.123 e. The van der Waals surface area contributed by atoms with Gasteiger partial charge in [0.2, 0.25) is 0 Å². The molecule has 3 N–H and O–H groups in total. The molecule has 0 aliphatic carbocycles. The molecule has 1 aliphatic rings. The predicted octanol–water partition coefficient (Wildman–Crippen LogP) is 4.69. The number of hydrogen-bond acceptors (Lipinski definition) is 2. The highest BCUT2D eigenvalue weighted by molar-refractivity contribution is 5.81. The zero-order valence-electron chi connectivity index (χ0n) is 19.2. The molecule has 1 heterocycles. The Labute approximate surface area is 166 Å². The van der Waals surface area contributed by atoms with Crippen LogP contribution >= 0.6 is 0 Å². The molecular weight excluding hydrogens is 332 g/mol. The van der Waals surface area contributed by atoms with Crippen LogP contribution in [0.2, 0.25) is 0 Å². The van der Waals surface area contributed by atoms with Crippen molar-refractivity contribution in [2.45, 2.75) is 110 Å². The molecule has 0 aromatic heterocycles. The molecule has 2 rings (SSSR count). The molecule has 0 bridgehead atoms. The summed E-state index contributed by atoms with van der Waals surface area (Å²) in [6, 6.07) is 4.56. The molecule has 0 atom stereocenters. The van der Waals surface area contributed by atoms with Crippen molar-refractivity contribution in [3.63, 3.8) is 0 Å². The minimum atomic E-state index is -0.113. The maximum absolute atomic E-state index is 10.9. The normalized spacial score (nSPS) is 21.0. The van der Waals surface area contributed by atoms with Gasteiger partial charge in [0.25, 0.3) is 0 Å². The van der Waals surface area contributed by atoms with E-state index in [4.69, 9.17) is 4.99 Å². The third kappa shape index (κ3) is 5.57. The number of aliphatic imine (C=N–C) groups is 1. The molecular formula is C24H41N2O+. The summed E-state index contributed by atoms with van der Waals surface area (Å²) in [4.78, 5) is 4.99. The first kappa shape index (κ1) is 21.9. The van der Waals surface area contributed by atoms with Crippen molar-refractivity contribution in [1.82, 2.24) is 0 Å². The number of nitrogens with two attached hydrogens (primary N) is 1. The minimum absolute atomic E-state index is 0.113. The van der Waals surface area contributed by atoms with Crippen molar-refractivity contribution in [2.75, 3.05) is 0 Å². The van der Waals surface area contributed by atoms with Crippen molar-refractivity contribution in [3.05, 3.63) is 28.8 Å². The first-order chi connectivity index (χ1) is 12.0. The molecule has 0 radical (unpaired) electrons. The van der Waals surface area contributed by atoms with Crippen molar-refractivity contribution in [1.29, 1.82) is 0 Å². The predicted molar refractivity (Wildman–Crippen MR) is 116 cm³/mol. The molecule has 1 aromatic carbocycles. The fourth-order valence-corrected chi connectivity index (χ4v) is 4.63. The van der Waals surface area contributed by atoms with Gasteiger partial charge in [0.15, 0.2) is 0 Å². The second-order valence-corrected chi connectivity index (χ2v) is 11.9. The van der Waals surface area contributed by atoms with Crippen molar-refractivity contribution >= 4 is 6.21 Å². The van der Waals surface area contributed by atoms with Crippen LogP contribution in [0.4, 0.5) is 0 Å². The van der Waals surface area contributed by atoms with E-state index in [1.807, 2.05) is 6.21 Å². The SMILES string of the molecule is CC1(C)CC(N=Cc2cc(C(C)(C)C)c(O)c(C(C)(C)C)c2)CC(C)(C)[NH2+]1. The van der Waals surface area contributed by atoms with E-state index in [1.54, 1.807) is 0 Å². The van der Waals surface area contributed by atoms with Gasteiger partial charge in [0.1, 0.15) is 5.75 Å². The summed E-state index contributed by atoms with van der Waals surface area (Å²) in [5, 5.41) is 13.4. The van der Waals surface area contributed by atoms with Crippen LogP contribution in [-0.2, 0) is 10.8 Å². The van der Waals surface area contributed by atoms with Crippen molar-refractivity contribution in [2.24, 2.45) is 4.99 Å². The van der Waals surface area contributed by atoms with Gasteiger partial charge in [-0.3, -0.25) is 4.99 Å². The van der Waals surface area contributed by atoms with E-state index in [-0.39, 0.29) is 21.9 Å². The smallest absolute Gasteiger partial charge is 0.123 e. The third-order valence-electron chi connectivity index (χ3n) is 5.49. The topological polar surface area (TPSA) is 49.2 Å². The number of hydrogen-bond donors (Lipinski definition) is 2. The summed E-state index contributed by atoms with van der Waals surface area (Å²) in [7, 11) is 0. The molecule has 3 heteroatoms. The number of rotatable bonds is 2. The van der Waals surface area contributed by atoms with Crippen LogP contribution in [0.25, 0.3) is 0 Å². The van der Waals surface area contributed by atoms with Crippen LogP contribution in [0, 0.1) is 0 Å². The Morgan fingerprint density at radius 1 is 0.926 bits per heavy atom. The van der Waals surface area contributed by atoms with Gasteiger partial charge in [0, 0.05) is 30.2 Å². The van der Waals surface area contributed by atoms with E-state index in [9.17, 15) is 5.11 Å². The lowest BCUT2D eigenvalue weighted by atomic mass is 9.78. The average Bonchev–Trinajstić information content (AvgIpc) is 2.40. The summed E-state index contributed by atoms with van der Waals surface area (Å²) < 4.78 is 0. The lowest BCUT2D eigenvalue weighted by molar-refractivity contribution is -0.787. The Kier molecular flexibility index (Phi) is 5.62. The van der Waals surface area contributed by atoms with Crippen LogP contribution in [0.5, 0.6) is 5.75 Å². The number of nitrogens with zero attached hydrogens (tertiary/aromatic N) is 1. The Bertz CT molecular complexity index is 664. The van der Waals surface area contributed by atoms with Gasteiger partial charge in [-0.15, -0.1) is 0 Å².